The molecule has 0 unspecified atom stereocenters. The number of carbonyl (C=O) groups is 2. The first kappa shape index (κ1) is 18.9. The van der Waals surface area contributed by atoms with Crippen molar-refractivity contribution in [2.24, 2.45) is 23.2 Å². The maximum Gasteiger partial charge on any atom is 0.333 e. The van der Waals surface area contributed by atoms with Gasteiger partial charge in [0.05, 0.1) is 0 Å². The fourth-order valence-corrected chi connectivity index (χ4v) is 4.41. The molecule has 134 valence electrons. The number of hydrogen-bond donors (Lipinski definition) is 1. The van der Waals surface area contributed by atoms with E-state index in [9.17, 15) is 14.7 Å². The molecular weight excluding hydrogens is 304 g/mol. The number of ether oxygens (including phenoxy) is 1. The van der Waals surface area contributed by atoms with Gasteiger partial charge in [-0.05, 0) is 57.3 Å². The number of carbonyl (C=O) groups excluding carboxylic acids is 2. The van der Waals surface area contributed by atoms with Crippen molar-refractivity contribution < 1.29 is 19.4 Å². The van der Waals surface area contributed by atoms with E-state index in [1.807, 2.05) is 13.8 Å². The summed E-state index contributed by atoms with van der Waals surface area (Å²) in [5.41, 5.74) is 1.16. The molecule has 0 bridgehead atoms. The summed E-state index contributed by atoms with van der Waals surface area (Å²) in [5, 5.41) is 10.6. The Morgan fingerprint density at radius 3 is 2.54 bits per heavy atom. The Morgan fingerprint density at radius 1 is 1.38 bits per heavy atom. The van der Waals surface area contributed by atoms with Gasteiger partial charge in [-0.15, -0.1) is 0 Å². The van der Waals surface area contributed by atoms with E-state index >= 15 is 0 Å². The molecule has 2 saturated carbocycles. The van der Waals surface area contributed by atoms with Crippen molar-refractivity contribution in [3.05, 3.63) is 23.8 Å². The van der Waals surface area contributed by atoms with Gasteiger partial charge < -0.3 is 9.84 Å². The van der Waals surface area contributed by atoms with Crippen molar-refractivity contribution in [2.45, 2.75) is 66.1 Å². The molecule has 2 rings (SSSR count). The highest BCUT2D eigenvalue weighted by atomic mass is 16.5. The molecule has 4 heteroatoms. The van der Waals surface area contributed by atoms with Crippen molar-refractivity contribution in [1.82, 2.24) is 0 Å². The lowest BCUT2D eigenvalue weighted by molar-refractivity contribution is -0.173. The lowest BCUT2D eigenvalue weighted by Gasteiger charge is -2.55. The van der Waals surface area contributed by atoms with Gasteiger partial charge in [0.2, 0.25) is 0 Å². The van der Waals surface area contributed by atoms with E-state index < -0.39 is 6.10 Å². The topological polar surface area (TPSA) is 63.6 Å². The van der Waals surface area contributed by atoms with E-state index in [2.05, 4.69) is 20.4 Å². The van der Waals surface area contributed by atoms with Crippen LogP contribution in [0.4, 0.5) is 0 Å². The van der Waals surface area contributed by atoms with E-state index in [4.69, 9.17) is 4.74 Å². The molecule has 2 aliphatic carbocycles. The second-order valence-electron chi connectivity index (χ2n) is 7.84. The van der Waals surface area contributed by atoms with Gasteiger partial charge in [-0.1, -0.05) is 32.1 Å². The molecule has 0 amide bonds. The van der Waals surface area contributed by atoms with Gasteiger partial charge in [-0.3, -0.25) is 4.79 Å². The Labute approximate surface area is 145 Å². The Morgan fingerprint density at radius 2 is 2.00 bits per heavy atom. The zero-order valence-electron chi connectivity index (χ0n) is 15.5. The molecule has 0 aromatic carbocycles. The van der Waals surface area contributed by atoms with Gasteiger partial charge in [0, 0.05) is 11.5 Å². The Hall–Kier alpha value is -1.42. The molecule has 4 nitrogen and oxygen atoms in total. The van der Waals surface area contributed by atoms with Crippen LogP contribution in [-0.4, -0.2) is 29.1 Å². The lowest BCUT2D eigenvalue weighted by Crippen LogP contribution is -2.57. The normalized spacial score (nSPS) is 40.0. The minimum Gasteiger partial charge on any atom is -0.459 e. The highest BCUT2D eigenvalue weighted by Crippen LogP contribution is 2.55. The quantitative estimate of drug-likeness (QED) is 0.488. The summed E-state index contributed by atoms with van der Waals surface area (Å²) < 4.78 is 5.73. The van der Waals surface area contributed by atoms with Gasteiger partial charge in [0.25, 0.3) is 0 Å². The van der Waals surface area contributed by atoms with Crippen LogP contribution in [0.25, 0.3) is 0 Å². The summed E-state index contributed by atoms with van der Waals surface area (Å²) in [6.07, 6.45) is 2.68. The highest BCUT2D eigenvalue weighted by molar-refractivity contribution is 5.89. The van der Waals surface area contributed by atoms with Crippen LogP contribution in [0.5, 0.6) is 0 Å². The van der Waals surface area contributed by atoms with Gasteiger partial charge >= 0.3 is 5.97 Å². The fourth-order valence-electron chi connectivity index (χ4n) is 4.41. The zero-order chi connectivity index (χ0) is 18.2. The molecular formula is C20H30O4. The second-order valence-corrected chi connectivity index (χ2v) is 7.84. The first-order valence-electron chi connectivity index (χ1n) is 8.84. The molecule has 0 aromatic heterocycles. The van der Waals surface area contributed by atoms with Crippen LogP contribution in [0.15, 0.2) is 23.8 Å². The zero-order valence-corrected chi connectivity index (χ0v) is 15.5. The summed E-state index contributed by atoms with van der Waals surface area (Å²) in [6, 6.07) is 0. The van der Waals surface area contributed by atoms with Crippen LogP contribution >= 0.6 is 0 Å². The molecule has 0 radical (unpaired) electrons. The standard InChI is InChI=1S/C20H30O4/c1-7-12(4)19(23)24-16-9-8-15-18(22)17(21)14(11(2)3)10-20(15,6)13(16)5/h7,13-16,18,22H,2,8-10H2,1,3-6H3/b12-7+/t13-,14-,15-,16+,18-,20+/m0/s1. The molecule has 2 aliphatic rings. The molecule has 0 spiro atoms. The second kappa shape index (κ2) is 6.83. The van der Waals surface area contributed by atoms with Crippen molar-refractivity contribution in [3.8, 4) is 0 Å². The minimum atomic E-state index is -0.943. The van der Waals surface area contributed by atoms with Crippen LogP contribution in [-0.2, 0) is 14.3 Å². The van der Waals surface area contributed by atoms with Gasteiger partial charge in [-0.25, -0.2) is 4.79 Å². The van der Waals surface area contributed by atoms with Crippen LogP contribution in [0.2, 0.25) is 0 Å². The van der Waals surface area contributed by atoms with Crippen LogP contribution in [0.1, 0.15) is 53.9 Å². The molecule has 0 saturated heterocycles. The lowest BCUT2D eigenvalue weighted by atomic mass is 9.51. The van der Waals surface area contributed by atoms with Crippen molar-refractivity contribution in [3.63, 3.8) is 0 Å². The first-order valence-corrected chi connectivity index (χ1v) is 8.84. The Bertz CT molecular complexity index is 576. The highest BCUT2D eigenvalue weighted by Gasteiger charge is 2.56. The SMILES string of the molecule is C=C(C)[C@@H]1C[C@]2(C)[C@@H](C)[C@H](OC(=O)/C(C)=C/C)CC[C@H]2[C@H](O)C1=O. The number of Topliss-reactive ketones (excluding diaryl/α,β-unsaturated/α-hetero) is 1. The van der Waals surface area contributed by atoms with Gasteiger partial charge in [0.1, 0.15) is 12.2 Å². The number of allylic oxidation sites excluding steroid dienone is 2. The largest absolute Gasteiger partial charge is 0.459 e. The van der Waals surface area contributed by atoms with Crippen molar-refractivity contribution >= 4 is 11.8 Å². The Balaban J connectivity index is 2.25. The summed E-state index contributed by atoms with van der Waals surface area (Å²) in [5.74, 6) is -0.684. The summed E-state index contributed by atoms with van der Waals surface area (Å²) >= 11 is 0. The number of rotatable bonds is 3. The number of esters is 1. The summed E-state index contributed by atoms with van der Waals surface area (Å²) in [4.78, 5) is 24.6. The number of hydrogen-bond acceptors (Lipinski definition) is 4. The third-order valence-electron chi connectivity index (χ3n) is 6.48. The summed E-state index contributed by atoms with van der Waals surface area (Å²) in [6.45, 7) is 13.5. The van der Waals surface area contributed by atoms with E-state index in [0.29, 0.717) is 24.8 Å². The van der Waals surface area contributed by atoms with Crippen molar-refractivity contribution in [1.29, 1.82) is 0 Å². The van der Waals surface area contributed by atoms with Gasteiger partial charge in [-0.2, -0.15) is 0 Å². The van der Waals surface area contributed by atoms with E-state index in [0.717, 1.165) is 5.57 Å². The molecule has 0 aliphatic heterocycles. The third kappa shape index (κ3) is 3.08. The number of fused-ring (bicyclic) bond motifs is 1. The third-order valence-corrected chi connectivity index (χ3v) is 6.48. The summed E-state index contributed by atoms with van der Waals surface area (Å²) in [7, 11) is 0. The first-order chi connectivity index (χ1) is 11.1. The smallest absolute Gasteiger partial charge is 0.333 e. The van der Waals surface area contributed by atoms with Gasteiger partial charge in [0.15, 0.2) is 5.78 Å². The van der Waals surface area contributed by atoms with Crippen LogP contribution < -0.4 is 0 Å². The molecule has 0 heterocycles. The van der Waals surface area contributed by atoms with E-state index in [1.165, 1.54) is 0 Å². The maximum atomic E-state index is 12.5. The number of aliphatic hydroxyl groups excluding tert-OH is 1. The van der Waals surface area contributed by atoms with E-state index in [1.54, 1.807) is 13.0 Å². The fraction of sp³-hybridized carbons (Fsp3) is 0.700. The van der Waals surface area contributed by atoms with Crippen molar-refractivity contribution in [2.75, 3.05) is 0 Å². The average molecular weight is 334 g/mol. The monoisotopic (exact) mass is 334 g/mol. The molecule has 1 N–H and O–H groups in total. The maximum absolute atomic E-state index is 12.5. The van der Waals surface area contributed by atoms with E-state index in [-0.39, 0.29) is 41.0 Å². The number of aliphatic hydroxyl groups is 1. The average Bonchev–Trinajstić information content (AvgIpc) is 2.54. The molecule has 0 aromatic rings. The predicted octanol–water partition coefficient (Wildman–Crippen LogP) is 3.44. The predicted molar refractivity (Wildman–Crippen MR) is 93.2 cm³/mol. The molecule has 2 fully saturated rings. The Kier molecular flexibility index (Phi) is 5.38. The molecule has 6 atom stereocenters. The molecule has 24 heavy (non-hydrogen) atoms. The minimum absolute atomic E-state index is 0.0756. The number of ketones is 1. The van der Waals surface area contributed by atoms with Crippen LogP contribution in [0, 0.1) is 23.2 Å². The van der Waals surface area contributed by atoms with Crippen LogP contribution in [0.3, 0.4) is 0 Å².